The number of benzene rings is 1. The van der Waals surface area contributed by atoms with Gasteiger partial charge in [0.15, 0.2) is 0 Å². The van der Waals surface area contributed by atoms with Gasteiger partial charge in [0.05, 0.1) is 6.61 Å². The summed E-state index contributed by atoms with van der Waals surface area (Å²) in [5.74, 6) is 0.529. The van der Waals surface area contributed by atoms with E-state index in [9.17, 15) is 9.18 Å². The summed E-state index contributed by atoms with van der Waals surface area (Å²) in [7, 11) is 0. The standard InChI is InChI=1S/C15H21FN2O2/c16-12-3-6-14(7-4-12)20-9-1-8-18-15(19)11-2-5-13(17)10-11/h3-4,6-7,11,13H,1-2,5,8-10,17H2,(H,18,19). The average molecular weight is 280 g/mol. The van der Waals surface area contributed by atoms with Gasteiger partial charge in [-0.1, -0.05) is 0 Å². The summed E-state index contributed by atoms with van der Waals surface area (Å²) in [6, 6.07) is 6.08. The molecule has 0 aliphatic heterocycles. The Morgan fingerprint density at radius 3 is 2.75 bits per heavy atom. The molecular formula is C15H21FN2O2. The number of rotatable bonds is 6. The third-order valence-electron chi connectivity index (χ3n) is 3.55. The lowest BCUT2D eigenvalue weighted by Crippen LogP contribution is -2.31. The Morgan fingerprint density at radius 2 is 2.10 bits per heavy atom. The van der Waals surface area contributed by atoms with Crippen molar-refractivity contribution in [1.29, 1.82) is 0 Å². The minimum Gasteiger partial charge on any atom is -0.494 e. The van der Waals surface area contributed by atoms with Crippen LogP contribution < -0.4 is 15.8 Å². The minimum absolute atomic E-state index is 0.0722. The van der Waals surface area contributed by atoms with Crippen molar-refractivity contribution >= 4 is 5.91 Å². The van der Waals surface area contributed by atoms with Gasteiger partial charge in [0.25, 0.3) is 0 Å². The van der Waals surface area contributed by atoms with Crippen molar-refractivity contribution in [1.82, 2.24) is 5.32 Å². The third-order valence-corrected chi connectivity index (χ3v) is 3.55. The van der Waals surface area contributed by atoms with E-state index in [2.05, 4.69) is 5.32 Å². The van der Waals surface area contributed by atoms with Gasteiger partial charge in [-0.15, -0.1) is 0 Å². The van der Waals surface area contributed by atoms with Gasteiger partial charge in [-0.25, -0.2) is 4.39 Å². The first-order valence-corrected chi connectivity index (χ1v) is 7.07. The predicted molar refractivity (Wildman–Crippen MR) is 74.8 cm³/mol. The molecular weight excluding hydrogens is 259 g/mol. The monoisotopic (exact) mass is 280 g/mol. The summed E-state index contributed by atoms with van der Waals surface area (Å²) in [6.07, 6.45) is 3.34. The minimum atomic E-state index is -0.278. The Bertz CT molecular complexity index is 436. The molecule has 2 unspecified atom stereocenters. The number of nitrogens with two attached hydrogens (primary N) is 1. The van der Waals surface area contributed by atoms with Crippen LogP contribution in [0.4, 0.5) is 4.39 Å². The van der Waals surface area contributed by atoms with Crippen molar-refractivity contribution < 1.29 is 13.9 Å². The number of ether oxygens (including phenoxy) is 1. The van der Waals surface area contributed by atoms with Crippen LogP contribution in [-0.2, 0) is 4.79 Å². The smallest absolute Gasteiger partial charge is 0.223 e. The molecule has 1 aliphatic carbocycles. The van der Waals surface area contributed by atoms with Gasteiger partial charge in [-0.2, -0.15) is 0 Å². The first kappa shape index (κ1) is 14.8. The molecule has 0 bridgehead atoms. The zero-order valence-electron chi connectivity index (χ0n) is 11.5. The number of carbonyl (C=O) groups excluding carboxylic acids is 1. The molecule has 2 atom stereocenters. The highest BCUT2D eigenvalue weighted by Gasteiger charge is 2.27. The lowest BCUT2D eigenvalue weighted by atomic mass is 10.1. The number of carbonyl (C=O) groups is 1. The first-order valence-electron chi connectivity index (χ1n) is 7.07. The van der Waals surface area contributed by atoms with Crippen LogP contribution in [0.2, 0.25) is 0 Å². The Balaban J connectivity index is 1.57. The maximum absolute atomic E-state index is 12.7. The molecule has 3 N–H and O–H groups in total. The van der Waals surface area contributed by atoms with Crippen LogP contribution in [0.1, 0.15) is 25.7 Å². The molecule has 5 heteroatoms. The Labute approximate surface area is 118 Å². The molecule has 0 aromatic heterocycles. The lowest BCUT2D eigenvalue weighted by molar-refractivity contribution is -0.124. The van der Waals surface area contributed by atoms with E-state index < -0.39 is 0 Å². The van der Waals surface area contributed by atoms with E-state index in [1.807, 2.05) is 0 Å². The van der Waals surface area contributed by atoms with Crippen LogP contribution in [0.5, 0.6) is 5.75 Å². The summed E-state index contributed by atoms with van der Waals surface area (Å²) in [5.41, 5.74) is 5.79. The number of hydrogen-bond acceptors (Lipinski definition) is 3. The fourth-order valence-electron chi connectivity index (χ4n) is 2.40. The van der Waals surface area contributed by atoms with Crippen molar-refractivity contribution in [3.63, 3.8) is 0 Å². The molecule has 1 aromatic carbocycles. The van der Waals surface area contributed by atoms with E-state index in [4.69, 9.17) is 10.5 Å². The normalized spacial score (nSPS) is 21.7. The molecule has 0 spiro atoms. The van der Waals surface area contributed by atoms with Crippen LogP contribution in [-0.4, -0.2) is 25.1 Å². The highest BCUT2D eigenvalue weighted by molar-refractivity contribution is 5.78. The van der Waals surface area contributed by atoms with Gasteiger partial charge in [0, 0.05) is 18.5 Å². The van der Waals surface area contributed by atoms with Crippen LogP contribution in [0.3, 0.4) is 0 Å². The number of halogens is 1. The molecule has 20 heavy (non-hydrogen) atoms. The van der Waals surface area contributed by atoms with Gasteiger partial charge in [-0.05, 0) is 49.9 Å². The van der Waals surface area contributed by atoms with E-state index in [0.717, 1.165) is 25.7 Å². The average Bonchev–Trinajstić information content (AvgIpc) is 2.87. The molecule has 1 aromatic rings. The third kappa shape index (κ3) is 4.49. The van der Waals surface area contributed by atoms with Crippen molar-refractivity contribution in [3.8, 4) is 5.75 Å². The molecule has 2 rings (SSSR count). The van der Waals surface area contributed by atoms with Gasteiger partial charge in [-0.3, -0.25) is 4.79 Å². The second-order valence-corrected chi connectivity index (χ2v) is 5.22. The number of amides is 1. The van der Waals surface area contributed by atoms with E-state index in [1.54, 1.807) is 12.1 Å². The molecule has 0 saturated heterocycles. The molecule has 110 valence electrons. The first-order chi connectivity index (χ1) is 9.65. The SMILES string of the molecule is NC1CCC(C(=O)NCCCOc2ccc(F)cc2)C1. The molecule has 1 amide bonds. The zero-order chi connectivity index (χ0) is 14.4. The number of nitrogens with one attached hydrogen (secondary N) is 1. The van der Waals surface area contributed by atoms with Gasteiger partial charge in [0.2, 0.25) is 5.91 Å². The molecule has 0 heterocycles. The molecule has 1 aliphatic rings. The van der Waals surface area contributed by atoms with Crippen molar-refractivity contribution in [3.05, 3.63) is 30.1 Å². The summed E-state index contributed by atoms with van der Waals surface area (Å²) in [4.78, 5) is 11.8. The van der Waals surface area contributed by atoms with Crippen molar-refractivity contribution in [2.24, 2.45) is 11.7 Å². The Kier molecular flexibility index (Phi) is 5.35. The predicted octanol–water partition coefficient (Wildman–Crippen LogP) is 1.84. The molecule has 0 radical (unpaired) electrons. The molecule has 1 saturated carbocycles. The van der Waals surface area contributed by atoms with E-state index in [0.29, 0.717) is 18.9 Å². The van der Waals surface area contributed by atoms with Crippen LogP contribution in [0.15, 0.2) is 24.3 Å². The highest BCUT2D eigenvalue weighted by Crippen LogP contribution is 2.23. The van der Waals surface area contributed by atoms with E-state index in [1.165, 1.54) is 12.1 Å². The summed E-state index contributed by atoms with van der Waals surface area (Å²) < 4.78 is 18.1. The van der Waals surface area contributed by atoms with Gasteiger partial charge >= 0.3 is 0 Å². The lowest BCUT2D eigenvalue weighted by Gasteiger charge is -2.11. The fraction of sp³-hybridized carbons (Fsp3) is 0.533. The van der Waals surface area contributed by atoms with Crippen molar-refractivity contribution in [2.75, 3.05) is 13.2 Å². The van der Waals surface area contributed by atoms with E-state index >= 15 is 0 Å². The number of hydrogen-bond donors (Lipinski definition) is 2. The van der Waals surface area contributed by atoms with E-state index in [-0.39, 0.29) is 23.7 Å². The summed E-state index contributed by atoms with van der Waals surface area (Å²) in [5, 5.41) is 2.91. The Hall–Kier alpha value is -1.62. The maximum atomic E-state index is 12.7. The largest absolute Gasteiger partial charge is 0.494 e. The molecule has 1 fully saturated rings. The quantitative estimate of drug-likeness (QED) is 0.781. The fourth-order valence-corrected chi connectivity index (χ4v) is 2.40. The Morgan fingerprint density at radius 1 is 1.35 bits per heavy atom. The highest BCUT2D eigenvalue weighted by atomic mass is 19.1. The topological polar surface area (TPSA) is 64.4 Å². The van der Waals surface area contributed by atoms with Gasteiger partial charge < -0.3 is 15.8 Å². The second-order valence-electron chi connectivity index (χ2n) is 5.22. The van der Waals surface area contributed by atoms with Crippen LogP contribution in [0.25, 0.3) is 0 Å². The van der Waals surface area contributed by atoms with Crippen molar-refractivity contribution in [2.45, 2.75) is 31.7 Å². The van der Waals surface area contributed by atoms with Crippen LogP contribution in [0, 0.1) is 11.7 Å². The second kappa shape index (κ2) is 7.24. The summed E-state index contributed by atoms with van der Waals surface area (Å²) in [6.45, 7) is 1.09. The molecule has 4 nitrogen and oxygen atoms in total. The summed E-state index contributed by atoms with van der Waals surface area (Å²) >= 11 is 0. The van der Waals surface area contributed by atoms with Gasteiger partial charge in [0.1, 0.15) is 11.6 Å². The maximum Gasteiger partial charge on any atom is 0.223 e. The zero-order valence-corrected chi connectivity index (χ0v) is 11.5. The van der Waals surface area contributed by atoms with Crippen LogP contribution >= 0.6 is 0 Å².